The molecular formula is C44H66O. The summed E-state index contributed by atoms with van der Waals surface area (Å²) in [6.45, 7) is 13.8. The summed E-state index contributed by atoms with van der Waals surface area (Å²) in [5.74, 6) is 1.27. The van der Waals surface area contributed by atoms with Gasteiger partial charge in [0, 0.05) is 0 Å². The van der Waals surface area contributed by atoms with Crippen LogP contribution < -0.4 is 0 Å². The van der Waals surface area contributed by atoms with Crippen molar-refractivity contribution in [2.75, 3.05) is 0 Å². The molecule has 0 spiro atoms. The zero-order valence-corrected chi connectivity index (χ0v) is 30.1. The zero-order valence-electron chi connectivity index (χ0n) is 30.1. The summed E-state index contributed by atoms with van der Waals surface area (Å²) in [7, 11) is 0. The van der Waals surface area contributed by atoms with Gasteiger partial charge in [-0.3, -0.25) is 0 Å². The molecule has 0 saturated carbocycles. The average Bonchev–Trinajstić information content (AvgIpc) is 3.05. The Hall–Kier alpha value is -2.12. The van der Waals surface area contributed by atoms with Crippen LogP contribution in [0.1, 0.15) is 178 Å². The number of benzene rings is 2. The highest BCUT2D eigenvalue weighted by atomic mass is 16.5. The molecule has 0 fully saturated rings. The normalized spacial score (nSPS) is 19.3. The van der Waals surface area contributed by atoms with Crippen LogP contribution >= 0.6 is 0 Å². The quantitative estimate of drug-likeness (QED) is 0.120. The SMILES string of the molecule is CCCCCCCc1ccc(C2CC=C(C(C)(C)OC(C)(C)C3=CCC(c4ccc(CCCCCCC)cc4)CC3)CC2)cc1. The monoisotopic (exact) mass is 611 g/mol. The first-order chi connectivity index (χ1) is 21.7. The van der Waals surface area contributed by atoms with Crippen LogP contribution in [0, 0.1) is 0 Å². The summed E-state index contributed by atoms with van der Waals surface area (Å²) in [5, 5.41) is 0. The molecule has 0 amide bonds. The maximum atomic E-state index is 7.00. The van der Waals surface area contributed by atoms with Crippen molar-refractivity contribution in [2.45, 2.75) is 180 Å². The topological polar surface area (TPSA) is 9.23 Å². The van der Waals surface area contributed by atoms with Gasteiger partial charge in [0.2, 0.25) is 0 Å². The fourth-order valence-corrected chi connectivity index (χ4v) is 7.91. The summed E-state index contributed by atoms with van der Waals surface area (Å²) in [4.78, 5) is 0. The zero-order chi connectivity index (χ0) is 32.1. The molecule has 2 aromatic rings. The van der Waals surface area contributed by atoms with E-state index in [1.807, 2.05) is 0 Å². The third-order valence-corrected chi connectivity index (χ3v) is 10.9. The molecule has 0 bridgehead atoms. The van der Waals surface area contributed by atoms with Gasteiger partial charge < -0.3 is 4.74 Å². The molecule has 2 aliphatic rings. The van der Waals surface area contributed by atoms with Crippen LogP contribution in [0.15, 0.2) is 71.8 Å². The molecule has 0 heterocycles. The van der Waals surface area contributed by atoms with Crippen molar-refractivity contribution in [3.05, 3.63) is 94.1 Å². The van der Waals surface area contributed by atoms with Crippen molar-refractivity contribution in [2.24, 2.45) is 0 Å². The number of hydrogen-bond acceptors (Lipinski definition) is 1. The third kappa shape index (κ3) is 11.0. The van der Waals surface area contributed by atoms with Gasteiger partial charge in [-0.2, -0.15) is 0 Å². The van der Waals surface area contributed by atoms with Gasteiger partial charge in [0.1, 0.15) is 0 Å². The minimum atomic E-state index is -0.250. The van der Waals surface area contributed by atoms with Gasteiger partial charge in [0.25, 0.3) is 0 Å². The minimum Gasteiger partial charge on any atom is -0.361 e. The van der Waals surface area contributed by atoms with E-state index in [1.165, 1.54) is 123 Å². The second-order valence-corrected chi connectivity index (χ2v) is 15.3. The summed E-state index contributed by atoms with van der Waals surface area (Å²) in [6.07, 6.45) is 28.0. The minimum absolute atomic E-state index is 0.250. The molecular weight excluding hydrogens is 544 g/mol. The molecule has 0 saturated heterocycles. The van der Waals surface area contributed by atoms with Crippen molar-refractivity contribution in [3.8, 4) is 0 Å². The maximum Gasteiger partial charge on any atom is 0.0847 e. The Bertz CT molecular complexity index is 1100. The Labute approximate surface area is 278 Å². The van der Waals surface area contributed by atoms with Crippen LogP contribution in [-0.4, -0.2) is 11.2 Å². The van der Waals surface area contributed by atoms with Crippen LogP contribution in [0.4, 0.5) is 0 Å². The number of hydrogen-bond donors (Lipinski definition) is 0. The van der Waals surface area contributed by atoms with E-state index in [2.05, 4.69) is 102 Å². The summed E-state index contributed by atoms with van der Waals surface area (Å²) < 4.78 is 7.00. The largest absolute Gasteiger partial charge is 0.361 e. The first kappa shape index (κ1) is 35.7. The predicted octanol–water partition coefficient (Wildman–Crippen LogP) is 13.4. The third-order valence-electron chi connectivity index (χ3n) is 10.9. The van der Waals surface area contributed by atoms with Gasteiger partial charge in [0.15, 0.2) is 0 Å². The fourth-order valence-electron chi connectivity index (χ4n) is 7.91. The van der Waals surface area contributed by atoms with E-state index in [0.29, 0.717) is 11.8 Å². The van der Waals surface area contributed by atoms with Crippen LogP contribution in [-0.2, 0) is 17.6 Å². The highest BCUT2D eigenvalue weighted by Crippen LogP contribution is 2.43. The Morgan fingerprint density at radius 1 is 0.533 bits per heavy atom. The van der Waals surface area contributed by atoms with E-state index in [1.54, 1.807) is 0 Å². The van der Waals surface area contributed by atoms with Crippen LogP contribution in [0.5, 0.6) is 0 Å². The van der Waals surface area contributed by atoms with Crippen molar-refractivity contribution < 1.29 is 4.74 Å². The molecule has 4 rings (SSSR count). The molecule has 2 aromatic carbocycles. The number of allylic oxidation sites excluding steroid dienone is 2. The van der Waals surface area contributed by atoms with Gasteiger partial charge >= 0.3 is 0 Å². The van der Waals surface area contributed by atoms with E-state index in [4.69, 9.17) is 4.74 Å². The Morgan fingerprint density at radius 2 is 0.911 bits per heavy atom. The van der Waals surface area contributed by atoms with Gasteiger partial charge in [-0.15, -0.1) is 0 Å². The van der Waals surface area contributed by atoms with E-state index in [9.17, 15) is 0 Å². The molecule has 45 heavy (non-hydrogen) atoms. The summed E-state index contributed by atoms with van der Waals surface area (Å²) >= 11 is 0. The van der Waals surface area contributed by atoms with Gasteiger partial charge in [-0.1, -0.05) is 126 Å². The van der Waals surface area contributed by atoms with E-state index >= 15 is 0 Å². The number of rotatable bonds is 18. The van der Waals surface area contributed by atoms with Gasteiger partial charge in [0.05, 0.1) is 11.2 Å². The molecule has 0 aromatic heterocycles. The lowest BCUT2D eigenvalue weighted by Crippen LogP contribution is -2.40. The fraction of sp³-hybridized carbons (Fsp3) is 0.636. The summed E-state index contributed by atoms with van der Waals surface area (Å²) in [5.41, 5.74) is 8.49. The van der Waals surface area contributed by atoms with Gasteiger partial charge in [-0.05, 0) is 137 Å². The van der Waals surface area contributed by atoms with Crippen LogP contribution in [0.25, 0.3) is 0 Å². The highest BCUT2D eigenvalue weighted by molar-refractivity contribution is 5.31. The lowest BCUT2D eigenvalue weighted by atomic mass is 9.78. The first-order valence-electron chi connectivity index (χ1n) is 19.0. The maximum absolute atomic E-state index is 7.00. The standard InChI is InChI=1S/C44H66O/c1-7-9-11-13-15-17-35-19-23-37(24-20-35)39-27-31-41(32-28-39)43(3,4)45-44(5,6)42-33-29-40(30-34-42)38-25-21-36(22-26-38)18-16-14-12-10-8-2/h19-26,31,33,39-40H,7-18,27-30,32,34H2,1-6H3. The molecule has 248 valence electrons. The van der Waals surface area contributed by atoms with Crippen molar-refractivity contribution >= 4 is 0 Å². The molecule has 2 atom stereocenters. The smallest absolute Gasteiger partial charge is 0.0847 e. The number of unbranched alkanes of at least 4 members (excludes halogenated alkanes) is 8. The molecule has 2 aliphatic carbocycles. The van der Waals surface area contributed by atoms with E-state index < -0.39 is 0 Å². The van der Waals surface area contributed by atoms with Gasteiger partial charge in [-0.25, -0.2) is 0 Å². The van der Waals surface area contributed by atoms with Crippen LogP contribution in [0.2, 0.25) is 0 Å². The van der Waals surface area contributed by atoms with Crippen molar-refractivity contribution in [1.29, 1.82) is 0 Å². The number of aryl methyl sites for hydroxylation is 2. The number of ether oxygens (including phenoxy) is 1. The second-order valence-electron chi connectivity index (χ2n) is 15.3. The average molecular weight is 611 g/mol. The molecule has 1 nitrogen and oxygen atoms in total. The Balaban J connectivity index is 1.25. The van der Waals surface area contributed by atoms with E-state index in [-0.39, 0.29) is 11.2 Å². The molecule has 0 N–H and O–H groups in total. The highest BCUT2D eigenvalue weighted by Gasteiger charge is 2.36. The predicted molar refractivity (Wildman–Crippen MR) is 196 cm³/mol. The summed E-state index contributed by atoms with van der Waals surface area (Å²) in [6, 6.07) is 19.2. The Morgan fingerprint density at radius 3 is 1.24 bits per heavy atom. The first-order valence-corrected chi connectivity index (χ1v) is 19.0. The van der Waals surface area contributed by atoms with Crippen LogP contribution in [0.3, 0.4) is 0 Å². The Kier molecular flexibility index (Phi) is 14.1. The van der Waals surface area contributed by atoms with E-state index in [0.717, 1.165) is 25.7 Å². The van der Waals surface area contributed by atoms with Crippen molar-refractivity contribution in [3.63, 3.8) is 0 Å². The molecule has 1 heteroatoms. The lowest BCUT2D eigenvalue weighted by Gasteiger charge is -2.42. The lowest BCUT2D eigenvalue weighted by molar-refractivity contribution is -0.0856. The second kappa shape index (κ2) is 17.7. The molecule has 0 radical (unpaired) electrons. The molecule has 0 aliphatic heterocycles. The molecule has 2 unspecified atom stereocenters. The van der Waals surface area contributed by atoms with Crippen molar-refractivity contribution in [1.82, 2.24) is 0 Å².